The predicted octanol–water partition coefficient (Wildman–Crippen LogP) is 2.83. The smallest absolute Gasteiger partial charge is 0.357 e. The molecule has 28 heavy (non-hydrogen) atoms. The van der Waals surface area contributed by atoms with E-state index in [2.05, 4.69) is 29.3 Å². The van der Waals surface area contributed by atoms with Crippen LogP contribution >= 0.6 is 0 Å². The van der Waals surface area contributed by atoms with Crippen LogP contribution in [0.3, 0.4) is 0 Å². The molecule has 16 heteroatoms. The molecule has 1 aromatic carbocycles. The third kappa shape index (κ3) is 6.41. The first-order valence-electron chi connectivity index (χ1n) is 6.26. The molecule has 1 rings (SSSR count). The van der Waals surface area contributed by atoms with Crippen molar-refractivity contribution in [3.63, 3.8) is 0 Å². The van der Waals surface area contributed by atoms with E-state index >= 15 is 0 Å². The van der Waals surface area contributed by atoms with Gasteiger partial charge in [-0.3, -0.25) is 4.28 Å². The fourth-order valence-electron chi connectivity index (χ4n) is 1.28. The first-order valence-corrected chi connectivity index (χ1v) is 7.67. The molecule has 0 atom stereocenters. The summed E-state index contributed by atoms with van der Waals surface area (Å²) in [5, 5.41) is 14.2. The topological polar surface area (TPSA) is 115 Å². The molecule has 0 aliphatic heterocycles. The maximum atomic E-state index is 12.1. The van der Waals surface area contributed by atoms with Crippen LogP contribution in [-0.4, -0.2) is 31.8 Å². The average Bonchev–Trinajstić information content (AvgIpc) is 2.58. The third-order valence-electron chi connectivity index (χ3n) is 2.39. The van der Waals surface area contributed by atoms with E-state index in [1.165, 1.54) is 6.07 Å². The monoisotopic (exact) mass is 430 g/mol. The van der Waals surface area contributed by atoms with Crippen molar-refractivity contribution in [1.29, 1.82) is 5.26 Å². The second-order valence-corrected chi connectivity index (χ2v) is 5.75. The standard InChI is InChI=1S/C12H4F6N4O5S/c1-20-10(22-26-25-11(13,14)15)8-4-2-7(3-5-8)9(6-19)21-27-28(23,24)12(16,17)18/h2-5H/b21-9+,22-10-. The zero-order valence-corrected chi connectivity index (χ0v) is 13.6. The number of halogens is 6. The predicted molar refractivity (Wildman–Crippen MR) is 76.0 cm³/mol. The van der Waals surface area contributed by atoms with E-state index in [9.17, 15) is 34.8 Å². The number of amidine groups is 1. The first-order chi connectivity index (χ1) is 12.8. The Hall–Kier alpha value is -3.37. The largest absolute Gasteiger partial charge is 0.561 e. The average molecular weight is 430 g/mol. The minimum atomic E-state index is -6.08. The summed E-state index contributed by atoms with van der Waals surface area (Å²) in [5.41, 5.74) is -7.01. The third-order valence-corrected chi connectivity index (χ3v) is 3.23. The lowest BCUT2D eigenvalue weighted by atomic mass is 10.1. The Labute approximate surface area is 151 Å². The molecule has 0 heterocycles. The highest BCUT2D eigenvalue weighted by Gasteiger charge is 2.49. The minimum absolute atomic E-state index is 0.134. The SMILES string of the molecule is [C-]#[N+]/C(=N\OOC(F)(F)F)c1ccc(/C(C#N)=N/OS(=O)(=O)C(F)(F)F)cc1. The van der Waals surface area contributed by atoms with Gasteiger partial charge >= 0.3 is 27.8 Å². The van der Waals surface area contributed by atoms with Crippen LogP contribution in [0.1, 0.15) is 11.1 Å². The van der Waals surface area contributed by atoms with E-state index in [0.29, 0.717) is 0 Å². The van der Waals surface area contributed by atoms with Gasteiger partial charge in [0.05, 0.1) is 0 Å². The van der Waals surface area contributed by atoms with Gasteiger partial charge in [-0.1, -0.05) is 36.0 Å². The summed E-state index contributed by atoms with van der Waals surface area (Å²) in [6.07, 6.45) is -5.17. The number of hydrogen-bond donors (Lipinski definition) is 0. The van der Waals surface area contributed by atoms with Gasteiger partial charge in [0.2, 0.25) is 0 Å². The normalized spacial score (nSPS) is 13.4. The van der Waals surface area contributed by atoms with E-state index in [0.717, 1.165) is 24.3 Å². The molecule has 0 N–H and O–H groups in total. The number of nitriles is 1. The van der Waals surface area contributed by atoms with Gasteiger partial charge in [0.15, 0.2) is 5.71 Å². The first kappa shape index (κ1) is 22.7. The van der Waals surface area contributed by atoms with Crippen molar-refractivity contribution in [3.8, 4) is 6.07 Å². The van der Waals surface area contributed by atoms with Crippen molar-refractivity contribution >= 4 is 21.7 Å². The zero-order valence-electron chi connectivity index (χ0n) is 12.8. The van der Waals surface area contributed by atoms with Crippen LogP contribution in [0.5, 0.6) is 0 Å². The number of nitrogens with zero attached hydrogens (tertiary/aromatic N) is 4. The van der Waals surface area contributed by atoms with Crippen LogP contribution in [0.25, 0.3) is 4.85 Å². The van der Waals surface area contributed by atoms with Crippen LogP contribution in [0.2, 0.25) is 0 Å². The molecule has 0 radical (unpaired) electrons. The molecule has 0 aromatic heterocycles. The molecule has 0 amide bonds. The molecule has 0 aliphatic carbocycles. The highest BCUT2D eigenvalue weighted by Crippen LogP contribution is 2.25. The van der Waals surface area contributed by atoms with Crippen LogP contribution in [0.15, 0.2) is 34.6 Å². The van der Waals surface area contributed by atoms with Crippen molar-refractivity contribution in [2.45, 2.75) is 11.9 Å². The summed E-state index contributed by atoms with van der Waals surface area (Å²) in [7, 11) is -6.08. The molecule has 1 aromatic rings. The van der Waals surface area contributed by atoms with Crippen LogP contribution in [0, 0.1) is 17.9 Å². The van der Waals surface area contributed by atoms with Crippen LogP contribution in [-0.2, 0) is 24.3 Å². The van der Waals surface area contributed by atoms with Crippen LogP contribution < -0.4 is 0 Å². The summed E-state index contributed by atoms with van der Waals surface area (Å²) in [6, 6.07) is 5.26. The number of alkyl halides is 6. The van der Waals surface area contributed by atoms with Gasteiger partial charge in [0.1, 0.15) is 11.2 Å². The van der Waals surface area contributed by atoms with Crippen molar-refractivity contribution < 1.29 is 48.9 Å². The Kier molecular flexibility index (Phi) is 6.92. The molecule has 0 saturated carbocycles. The van der Waals surface area contributed by atoms with Gasteiger partial charge in [-0.25, -0.2) is 0 Å². The van der Waals surface area contributed by atoms with E-state index in [-0.39, 0.29) is 11.1 Å². The Bertz CT molecular complexity index is 955. The molecule has 0 saturated heterocycles. The number of benzene rings is 1. The molecule has 0 spiro atoms. The zero-order chi connectivity index (χ0) is 21.6. The Morgan fingerprint density at radius 3 is 2.04 bits per heavy atom. The van der Waals surface area contributed by atoms with Crippen molar-refractivity contribution in [2.24, 2.45) is 10.3 Å². The summed E-state index contributed by atoms with van der Waals surface area (Å²) in [5.74, 6) is -0.706. The maximum absolute atomic E-state index is 12.1. The lowest BCUT2D eigenvalue weighted by Crippen LogP contribution is -2.24. The molecular weight excluding hydrogens is 426 g/mol. The summed E-state index contributed by atoms with van der Waals surface area (Å²) >= 11 is 0. The van der Waals surface area contributed by atoms with Crippen molar-refractivity contribution in [1.82, 2.24) is 0 Å². The van der Waals surface area contributed by atoms with Gasteiger partial charge in [-0.05, 0) is 4.89 Å². The maximum Gasteiger partial charge on any atom is 0.561 e. The van der Waals surface area contributed by atoms with Gasteiger partial charge in [-0.2, -0.15) is 26.9 Å². The minimum Gasteiger partial charge on any atom is -0.357 e. The van der Waals surface area contributed by atoms with Crippen molar-refractivity contribution in [2.75, 3.05) is 0 Å². The van der Waals surface area contributed by atoms with Crippen molar-refractivity contribution in [3.05, 3.63) is 46.8 Å². The highest BCUT2D eigenvalue weighted by atomic mass is 32.2. The Morgan fingerprint density at radius 2 is 1.61 bits per heavy atom. The van der Waals surface area contributed by atoms with E-state index in [4.69, 9.17) is 11.8 Å². The fraction of sp³-hybridized carbons (Fsp3) is 0.167. The number of oxime groups is 2. The lowest BCUT2D eigenvalue weighted by molar-refractivity contribution is -0.485. The molecule has 0 bridgehead atoms. The summed E-state index contributed by atoms with van der Waals surface area (Å²) in [4.78, 5) is 9.16. The number of rotatable bonds is 6. The van der Waals surface area contributed by atoms with E-state index in [1.807, 2.05) is 0 Å². The second-order valence-electron chi connectivity index (χ2n) is 4.23. The molecule has 0 aliphatic rings. The van der Waals surface area contributed by atoms with Gasteiger partial charge in [0.25, 0.3) is 0 Å². The lowest BCUT2D eigenvalue weighted by Gasteiger charge is -2.05. The van der Waals surface area contributed by atoms with Crippen LogP contribution in [0.4, 0.5) is 26.3 Å². The Morgan fingerprint density at radius 1 is 1.07 bits per heavy atom. The second kappa shape index (κ2) is 8.55. The summed E-state index contributed by atoms with van der Waals surface area (Å²) in [6.45, 7) is 6.81. The fourth-order valence-corrected chi connectivity index (χ4v) is 1.53. The van der Waals surface area contributed by atoms with E-state index in [1.54, 1.807) is 0 Å². The molecular formula is C12H4F6N4O5S. The summed E-state index contributed by atoms with van der Waals surface area (Å²) < 4.78 is 96.6. The Balaban J connectivity index is 3.04. The van der Waals surface area contributed by atoms with Gasteiger partial charge in [0, 0.05) is 11.1 Å². The molecule has 0 fully saturated rings. The molecule has 9 nitrogen and oxygen atoms in total. The van der Waals surface area contributed by atoms with E-state index < -0.39 is 33.5 Å². The highest BCUT2D eigenvalue weighted by molar-refractivity contribution is 7.87. The number of hydrogen-bond acceptors (Lipinski definition) is 8. The van der Waals surface area contributed by atoms with Gasteiger partial charge in [-0.15, -0.1) is 18.2 Å². The van der Waals surface area contributed by atoms with Gasteiger partial charge < -0.3 is 4.85 Å². The molecule has 0 unspecified atom stereocenters. The quantitative estimate of drug-likeness (QED) is 0.130. The molecule has 150 valence electrons.